The van der Waals surface area contributed by atoms with Crippen LogP contribution in [-0.4, -0.2) is 24.9 Å². The predicted molar refractivity (Wildman–Crippen MR) is 77.1 cm³/mol. The summed E-state index contributed by atoms with van der Waals surface area (Å²) in [5.74, 6) is 0.926. The number of hydrogen-bond donors (Lipinski definition) is 0. The fraction of sp³-hybridized carbons (Fsp3) is 0.214. The van der Waals surface area contributed by atoms with Gasteiger partial charge in [-0.3, -0.25) is 14.8 Å². The van der Waals surface area contributed by atoms with Gasteiger partial charge >= 0.3 is 5.69 Å². The van der Waals surface area contributed by atoms with E-state index in [2.05, 4.69) is 15.3 Å². The maximum atomic E-state index is 10.6. The molecule has 0 aliphatic rings. The number of aromatic nitrogens is 4. The summed E-state index contributed by atoms with van der Waals surface area (Å²) >= 11 is 0. The zero-order valence-corrected chi connectivity index (χ0v) is 11.8. The van der Waals surface area contributed by atoms with Crippen LogP contribution in [0.2, 0.25) is 0 Å². The number of nitro groups is 1. The number of aryl methyl sites for hydroxylation is 3. The smallest absolute Gasteiger partial charge is 0.306 e. The summed E-state index contributed by atoms with van der Waals surface area (Å²) in [5, 5.41) is 22.5. The molecule has 0 saturated carbocycles. The Bertz CT molecular complexity index is 791. The van der Waals surface area contributed by atoms with Gasteiger partial charge in [0, 0.05) is 18.5 Å². The molecule has 0 saturated heterocycles. The molecule has 1 aromatic carbocycles. The van der Waals surface area contributed by atoms with E-state index in [-0.39, 0.29) is 5.69 Å². The summed E-state index contributed by atoms with van der Waals surface area (Å²) in [6, 6.07) is 7.79. The Labute approximate surface area is 125 Å². The molecule has 22 heavy (non-hydrogen) atoms. The standard InChI is InChI=1S/C14H13N5O3/c1-10-2-4-11(5-3-10)14-17-16-13(22-14)6-7-18-9-12(8-15-18)19(20)21/h2-5,8-9H,6-7H2,1H3. The minimum absolute atomic E-state index is 0.0362. The summed E-state index contributed by atoms with van der Waals surface area (Å²) in [5.41, 5.74) is 1.98. The molecule has 2 aromatic heterocycles. The number of benzene rings is 1. The predicted octanol–water partition coefficient (Wildman–Crippen LogP) is 2.39. The van der Waals surface area contributed by atoms with E-state index in [1.807, 2.05) is 31.2 Å². The van der Waals surface area contributed by atoms with Crippen LogP contribution in [0.4, 0.5) is 5.69 Å². The molecule has 0 aliphatic heterocycles. The molecule has 0 radical (unpaired) electrons. The van der Waals surface area contributed by atoms with E-state index in [1.165, 1.54) is 17.1 Å². The van der Waals surface area contributed by atoms with Crippen molar-refractivity contribution in [2.75, 3.05) is 0 Å². The summed E-state index contributed by atoms with van der Waals surface area (Å²) in [4.78, 5) is 10.1. The first-order valence-electron chi connectivity index (χ1n) is 6.68. The SMILES string of the molecule is Cc1ccc(-c2nnc(CCn3cc([N+](=O)[O-])cn3)o2)cc1. The second-order valence-electron chi connectivity index (χ2n) is 4.84. The van der Waals surface area contributed by atoms with Crippen LogP contribution < -0.4 is 0 Å². The molecular weight excluding hydrogens is 286 g/mol. The quantitative estimate of drug-likeness (QED) is 0.529. The fourth-order valence-corrected chi connectivity index (χ4v) is 1.95. The van der Waals surface area contributed by atoms with E-state index in [0.717, 1.165) is 11.1 Å². The van der Waals surface area contributed by atoms with Crippen molar-refractivity contribution in [3.63, 3.8) is 0 Å². The second-order valence-corrected chi connectivity index (χ2v) is 4.84. The van der Waals surface area contributed by atoms with Crippen LogP contribution in [0, 0.1) is 17.0 Å². The number of nitrogens with zero attached hydrogens (tertiary/aromatic N) is 5. The van der Waals surface area contributed by atoms with Crippen LogP contribution in [0.15, 0.2) is 41.1 Å². The van der Waals surface area contributed by atoms with Gasteiger partial charge in [-0.25, -0.2) is 0 Å². The van der Waals surface area contributed by atoms with Crippen LogP contribution >= 0.6 is 0 Å². The Morgan fingerprint density at radius 3 is 2.73 bits per heavy atom. The van der Waals surface area contributed by atoms with Crippen molar-refractivity contribution < 1.29 is 9.34 Å². The van der Waals surface area contributed by atoms with Crippen LogP contribution in [-0.2, 0) is 13.0 Å². The highest BCUT2D eigenvalue weighted by Crippen LogP contribution is 2.18. The first-order chi connectivity index (χ1) is 10.6. The lowest BCUT2D eigenvalue weighted by Crippen LogP contribution is -2.01. The van der Waals surface area contributed by atoms with Crippen molar-refractivity contribution in [3.05, 3.63) is 58.2 Å². The van der Waals surface area contributed by atoms with E-state index in [9.17, 15) is 10.1 Å². The highest BCUT2D eigenvalue weighted by Gasteiger charge is 2.11. The fourth-order valence-electron chi connectivity index (χ4n) is 1.95. The Morgan fingerprint density at radius 1 is 1.27 bits per heavy atom. The summed E-state index contributed by atoms with van der Waals surface area (Å²) in [7, 11) is 0. The number of hydrogen-bond acceptors (Lipinski definition) is 6. The molecule has 0 fully saturated rings. The zero-order chi connectivity index (χ0) is 15.5. The van der Waals surface area contributed by atoms with Crippen molar-refractivity contribution in [2.45, 2.75) is 19.9 Å². The van der Waals surface area contributed by atoms with Crippen molar-refractivity contribution >= 4 is 5.69 Å². The molecule has 8 nitrogen and oxygen atoms in total. The van der Waals surface area contributed by atoms with Crippen LogP contribution in [0.5, 0.6) is 0 Å². The van der Waals surface area contributed by atoms with E-state index >= 15 is 0 Å². The van der Waals surface area contributed by atoms with E-state index in [1.54, 1.807) is 0 Å². The molecule has 0 unspecified atom stereocenters. The van der Waals surface area contributed by atoms with Crippen molar-refractivity contribution in [3.8, 4) is 11.5 Å². The molecule has 0 spiro atoms. The molecule has 2 heterocycles. The largest absolute Gasteiger partial charge is 0.421 e. The number of rotatable bonds is 5. The summed E-state index contributed by atoms with van der Waals surface area (Å²) in [6.07, 6.45) is 3.04. The lowest BCUT2D eigenvalue weighted by Gasteiger charge is -1.97. The van der Waals surface area contributed by atoms with Crippen LogP contribution in [0.3, 0.4) is 0 Å². The Morgan fingerprint density at radius 2 is 2.05 bits per heavy atom. The average Bonchev–Trinajstić information content (AvgIpc) is 3.15. The topological polar surface area (TPSA) is 99.9 Å². The monoisotopic (exact) mass is 299 g/mol. The molecule has 0 atom stereocenters. The Kier molecular flexibility index (Phi) is 3.65. The molecule has 0 bridgehead atoms. The van der Waals surface area contributed by atoms with Gasteiger partial charge in [-0.05, 0) is 19.1 Å². The van der Waals surface area contributed by atoms with Gasteiger partial charge in [0.05, 0.1) is 4.92 Å². The Hall–Kier alpha value is -3.03. The van der Waals surface area contributed by atoms with Crippen LogP contribution in [0.1, 0.15) is 11.5 Å². The lowest BCUT2D eigenvalue weighted by molar-refractivity contribution is -0.385. The van der Waals surface area contributed by atoms with Crippen molar-refractivity contribution in [1.82, 2.24) is 20.0 Å². The van der Waals surface area contributed by atoms with Gasteiger partial charge < -0.3 is 4.42 Å². The van der Waals surface area contributed by atoms with Crippen molar-refractivity contribution in [2.24, 2.45) is 0 Å². The van der Waals surface area contributed by atoms with E-state index < -0.39 is 4.92 Å². The highest BCUT2D eigenvalue weighted by molar-refractivity contribution is 5.52. The van der Waals surface area contributed by atoms with Gasteiger partial charge in [0.25, 0.3) is 0 Å². The first-order valence-corrected chi connectivity index (χ1v) is 6.68. The molecular formula is C14H13N5O3. The van der Waals surface area contributed by atoms with E-state index in [0.29, 0.717) is 24.7 Å². The third-order valence-electron chi connectivity index (χ3n) is 3.15. The van der Waals surface area contributed by atoms with Gasteiger partial charge in [0.15, 0.2) is 0 Å². The normalized spacial score (nSPS) is 10.8. The molecule has 0 N–H and O–H groups in total. The maximum Gasteiger partial charge on any atom is 0.306 e. The second kappa shape index (κ2) is 5.76. The van der Waals surface area contributed by atoms with E-state index in [4.69, 9.17) is 4.42 Å². The average molecular weight is 299 g/mol. The summed E-state index contributed by atoms with van der Waals surface area (Å²) in [6.45, 7) is 2.44. The van der Waals surface area contributed by atoms with Crippen molar-refractivity contribution in [1.29, 1.82) is 0 Å². The Balaban J connectivity index is 1.66. The first kappa shape index (κ1) is 13.9. The molecule has 8 heteroatoms. The van der Waals surface area contributed by atoms with Gasteiger partial charge in [0.2, 0.25) is 11.8 Å². The molecule has 3 aromatic rings. The highest BCUT2D eigenvalue weighted by atomic mass is 16.6. The third-order valence-corrected chi connectivity index (χ3v) is 3.15. The minimum Gasteiger partial charge on any atom is -0.421 e. The van der Waals surface area contributed by atoms with Gasteiger partial charge in [-0.1, -0.05) is 17.7 Å². The molecule has 0 aliphatic carbocycles. The zero-order valence-electron chi connectivity index (χ0n) is 11.8. The molecule has 112 valence electrons. The molecule has 3 rings (SSSR count). The minimum atomic E-state index is -0.480. The third kappa shape index (κ3) is 3.00. The van der Waals surface area contributed by atoms with Gasteiger partial charge in [-0.15, -0.1) is 10.2 Å². The van der Waals surface area contributed by atoms with Gasteiger partial charge in [0.1, 0.15) is 12.4 Å². The van der Waals surface area contributed by atoms with Gasteiger partial charge in [-0.2, -0.15) is 5.10 Å². The summed E-state index contributed by atoms with van der Waals surface area (Å²) < 4.78 is 7.07. The molecule has 0 amide bonds. The lowest BCUT2D eigenvalue weighted by atomic mass is 10.1. The van der Waals surface area contributed by atoms with Crippen LogP contribution in [0.25, 0.3) is 11.5 Å². The maximum absolute atomic E-state index is 10.6.